The summed E-state index contributed by atoms with van der Waals surface area (Å²) in [5, 5.41) is 0. The molecule has 5 rings (SSSR count). The molecule has 1 saturated heterocycles. The van der Waals surface area contributed by atoms with Crippen molar-refractivity contribution in [2.45, 2.75) is 39.2 Å². The van der Waals surface area contributed by atoms with Crippen molar-refractivity contribution in [3.05, 3.63) is 65.6 Å². The van der Waals surface area contributed by atoms with E-state index >= 15 is 0 Å². The number of halogens is 1. The Morgan fingerprint density at radius 2 is 1.90 bits per heavy atom. The topological polar surface area (TPSA) is 128 Å². The first-order valence-corrected chi connectivity index (χ1v) is 13.2. The number of esters is 3. The summed E-state index contributed by atoms with van der Waals surface area (Å²) in [6.45, 7) is 3.49. The Bertz CT molecular complexity index is 1400. The number of hydrogen-bond donors (Lipinski definition) is 0. The SMILES string of the molecule is COCOc1ccc(C(=O)OC2=CC(C(=O)OC)C3(C)CCC4C(=O)OC(c5ccoc5)CC4(C)C3C2=O)cc1F. The lowest BCUT2D eigenvalue weighted by Gasteiger charge is -2.59. The van der Waals surface area contributed by atoms with Gasteiger partial charge in [-0.05, 0) is 60.4 Å². The lowest BCUT2D eigenvalue weighted by Crippen LogP contribution is -2.61. The summed E-state index contributed by atoms with van der Waals surface area (Å²) in [5.41, 5.74) is -1.40. The van der Waals surface area contributed by atoms with Crippen LogP contribution in [0.4, 0.5) is 4.39 Å². The minimum atomic E-state index is -0.995. The summed E-state index contributed by atoms with van der Waals surface area (Å²) in [6.07, 6.45) is 4.67. The van der Waals surface area contributed by atoms with Crippen molar-refractivity contribution in [3.8, 4) is 5.75 Å². The van der Waals surface area contributed by atoms with Gasteiger partial charge in [-0.2, -0.15) is 0 Å². The van der Waals surface area contributed by atoms with Crippen LogP contribution >= 0.6 is 0 Å². The molecule has 6 atom stereocenters. The number of Topliss-reactive ketones (excluding diaryl/α,β-unsaturated/α-hetero) is 1. The summed E-state index contributed by atoms with van der Waals surface area (Å²) in [4.78, 5) is 53.7. The molecule has 0 amide bonds. The lowest BCUT2D eigenvalue weighted by atomic mass is 9.44. The molecule has 2 aliphatic carbocycles. The van der Waals surface area contributed by atoms with Gasteiger partial charge < -0.3 is 28.1 Å². The third-order valence-corrected chi connectivity index (χ3v) is 8.86. The van der Waals surface area contributed by atoms with Crippen LogP contribution in [-0.4, -0.2) is 44.7 Å². The summed E-state index contributed by atoms with van der Waals surface area (Å²) in [6, 6.07) is 5.15. The molecule has 3 aliphatic rings. The van der Waals surface area contributed by atoms with E-state index in [1.165, 1.54) is 45.0 Å². The number of methoxy groups -OCH3 is 2. The summed E-state index contributed by atoms with van der Waals surface area (Å²) < 4.78 is 46.0. The number of carbonyl (C=O) groups excluding carboxylic acids is 4. The van der Waals surface area contributed by atoms with Crippen LogP contribution in [0.15, 0.2) is 53.0 Å². The van der Waals surface area contributed by atoms with Gasteiger partial charge in [0.2, 0.25) is 5.78 Å². The zero-order valence-electron chi connectivity index (χ0n) is 23.1. The highest BCUT2D eigenvalue weighted by Crippen LogP contribution is 2.64. The number of furan rings is 1. The number of carbonyl (C=O) groups is 4. The molecule has 2 fully saturated rings. The Morgan fingerprint density at radius 3 is 2.56 bits per heavy atom. The fourth-order valence-electron chi connectivity index (χ4n) is 6.91. The molecular weight excluding hydrogens is 539 g/mol. The van der Waals surface area contributed by atoms with Crippen LogP contribution < -0.4 is 4.74 Å². The smallest absolute Gasteiger partial charge is 0.343 e. The van der Waals surface area contributed by atoms with Gasteiger partial charge in [0.15, 0.2) is 24.1 Å². The molecule has 10 nitrogen and oxygen atoms in total. The molecule has 1 aliphatic heterocycles. The second-order valence-electron chi connectivity index (χ2n) is 11.2. The summed E-state index contributed by atoms with van der Waals surface area (Å²) >= 11 is 0. The van der Waals surface area contributed by atoms with Gasteiger partial charge in [-0.25, -0.2) is 9.18 Å². The average molecular weight is 571 g/mol. The minimum Gasteiger partial charge on any atom is -0.472 e. The Labute approximate surface area is 235 Å². The first-order chi connectivity index (χ1) is 19.5. The van der Waals surface area contributed by atoms with E-state index < -0.39 is 64.2 Å². The van der Waals surface area contributed by atoms with Crippen molar-refractivity contribution in [2.75, 3.05) is 21.0 Å². The van der Waals surface area contributed by atoms with Crippen LogP contribution in [0, 0.1) is 34.4 Å². The highest BCUT2D eigenvalue weighted by molar-refractivity contribution is 6.03. The van der Waals surface area contributed by atoms with Crippen molar-refractivity contribution in [1.82, 2.24) is 0 Å². The molecule has 6 unspecified atom stereocenters. The quantitative estimate of drug-likeness (QED) is 0.266. The van der Waals surface area contributed by atoms with Crippen molar-refractivity contribution in [2.24, 2.45) is 28.6 Å². The Morgan fingerprint density at radius 1 is 1.12 bits per heavy atom. The van der Waals surface area contributed by atoms with Crippen molar-refractivity contribution in [3.63, 3.8) is 0 Å². The van der Waals surface area contributed by atoms with Gasteiger partial charge in [0, 0.05) is 18.6 Å². The first-order valence-electron chi connectivity index (χ1n) is 13.2. The standard InChI is InChI=1S/C30H31FO10/c1-29-9-7-18-28(35)41-23(17-8-10-38-14-17)13-30(18,2)25(29)24(32)22(12-19(29)27(34)37-4)40-26(33)16-5-6-21(20(31)11-16)39-15-36-3/h5-6,8,10-12,14,18-19,23,25H,7,9,13,15H2,1-4H3. The van der Waals surface area contributed by atoms with E-state index in [0.717, 1.165) is 6.07 Å². The minimum absolute atomic E-state index is 0.129. The summed E-state index contributed by atoms with van der Waals surface area (Å²) in [7, 11) is 2.63. The zero-order chi connectivity index (χ0) is 29.5. The van der Waals surface area contributed by atoms with E-state index in [9.17, 15) is 23.6 Å². The van der Waals surface area contributed by atoms with Crippen LogP contribution in [0.5, 0.6) is 5.75 Å². The number of cyclic esters (lactones) is 1. The molecule has 2 aromatic rings. The van der Waals surface area contributed by atoms with Crippen molar-refractivity contribution < 1.29 is 51.7 Å². The Balaban J connectivity index is 1.51. The molecule has 2 heterocycles. The maximum atomic E-state index is 14.5. The molecule has 11 heteroatoms. The largest absolute Gasteiger partial charge is 0.472 e. The van der Waals surface area contributed by atoms with Crippen LogP contribution in [0.2, 0.25) is 0 Å². The van der Waals surface area contributed by atoms with Crippen molar-refractivity contribution >= 4 is 23.7 Å². The Hall–Kier alpha value is -3.99. The normalized spacial score (nSPS) is 30.8. The molecule has 0 bridgehead atoms. The van der Waals surface area contributed by atoms with Crippen LogP contribution in [0.3, 0.4) is 0 Å². The van der Waals surface area contributed by atoms with E-state index in [-0.39, 0.29) is 30.3 Å². The third kappa shape index (κ3) is 4.81. The van der Waals surface area contributed by atoms with E-state index in [4.69, 9.17) is 28.1 Å². The number of benzene rings is 1. The molecule has 1 aromatic heterocycles. The van der Waals surface area contributed by atoms with E-state index in [0.29, 0.717) is 18.4 Å². The van der Waals surface area contributed by atoms with E-state index in [1.807, 2.05) is 13.8 Å². The predicted octanol–water partition coefficient (Wildman–Crippen LogP) is 4.54. The number of rotatable bonds is 7. The van der Waals surface area contributed by atoms with Crippen LogP contribution in [-0.2, 0) is 33.3 Å². The van der Waals surface area contributed by atoms with Gasteiger partial charge in [0.05, 0.1) is 37.0 Å². The fourth-order valence-corrected chi connectivity index (χ4v) is 6.91. The second kappa shape index (κ2) is 10.8. The van der Waals surface area contributed by atoms with Gasteiger partial charge in [0.25, 0.3) is 0 Å². The average Bonchev–Trinajstić information content (AvgIpc) is 3.48. The van der Waals surface area contributed by atoms with Gasteiger partial charge in [-0.1, -0.05) is 13.8 Å². The van der Waals surface area contributed by atoms with Gasteiger partial charge in [-0.3, -0.25) is 14.4 Å². The molecule has 0 spiro atoms. The van der Waals surface area contributed by atoms with E-state index in [1.54, 1.807) is 6.07 Å². The maximum absolute atomic E-state index is 14.5. The number of ether oxygens (including phenoxy) is 5. The highest BCUT2D eigenvalue weighted by Gasteiger charge is 2.66. The van der Waals surface area contributed by atoms with Crippen molar-refractivity contribution in [1.29, 1.82) is 0 Å². The number of ketones is 1. The number of hydrogen-bond acceptors (Lipinski definition) is 10. The lowest BCUT2D eigenvalue weighted by molar-refractivity contribution is -0.197. The molecule has 0 N–H and O–H groups in total. The molecular formula is C30H31FO10. The number of fused-ring (bicyclic) bond motifs is 3. The zero-order valence-corrected chi connectivity index (χ0v) is 23.1. The molecule has 41 heavy (non-hydrogen) atoms. The second-order valence-corrected chi connectivity index (χ2v) is 11.2. The molecule has 1 saturated carbocycles. The molecule has 1 aromatic carbocycles. The fraction of sp³-hybridized carbons (Fsp3) is 0.467. The third-order valence-electron chi connectivity index (χ3n) is 8.86. The number of allylic oxidation sites excluding steroid dienone is 1. The first kappa shape index (κ1) is 28.5. The van der Waals surface area contributed by atoms with Gasteiger partial charge in [-0.15, -0.1) is 0 Å². The van der Waals surface area contributed by atoms with Crippen LogP contribution in [0.25, 0.3) is 0 Å². The van der Waals surface area contributed by atoms with Gasteiger partial charge in [0.1, 0.15) is 6.10 Å². The predicted molar refractivity (Wildman–Crippen MR) is 138 cm³/mol. The highest BCUT2D eigenvalue weighted by atomic mass is 19.1. The van der Waals surface area contributed by atoms with Crippen LogP contribution in [0.1, 0.15) is 55.1 Å². The van der Waals surface area contributed by atoms with E-state index in [2.05, 4.69) is 0 Å². The molecule has 0 radical (unpaired) electrons. The monoisotopic (exact) mass is 570 g/mol. The maximum Gasteiger partial charge on any atom is 0.343 e. The summed E-state index contributed by atoms with van der Waals surface area (Å²) in [5.74, 6) is -6.31. The Kier molecular flexibility index (Phi) is 7.50. The molecule has 218 valence electrons. The van der Waals surface area contributed by atoms with Gasteiger partial charge >= 0.3 is 17.9 Å².